The Morgan fingerprint density at radius 3 is 3.08 bits per heavy atom. The van der Waals surface area contributed by atoms with Crippen LogP contribution >= 0.6 is 0 Å². The molecule has 1 unspecified atom stereocenters. The minimum Gasteiger partial charge on any atom is -0.366 e. The number of hydrogen-bond acceptors (Lipinski definition) is 4. The standard InChI is InChI=1S/C7H12N4O/c1-3-5(2)9-6-4-8-11-7(12)10-6/h4-5H,3H2,1-2H3,(H2,9,10,11,12). The Kier molecular flexibility index (Phi) is 2.79. The number of anilines is 1. The molecule has 0 amide bonds. The van der Waals surface area contributed by atoms with Crippen LogP contribution in [0.3, 0.4) is 0 Å². The molecule has 0 aliphatic heterocycles. The van der Waals surface area contributed by atoms with Crippen LogP contribution < -0.4 is 11.0 Å². The Balaban J connectivity index is 2.69. The van der Waals surface area contributed by atoms with Gasteiger partial charge in [0.05, 0.1) is 6.20 Å². The summed E-state index contributed by atoms with van der Waals surface area (Å²) in [5.41, 5.74) is -0.427. The highest BCUT2D eigenvalue weighted by molar-refractivity contribution is 5.29. The van der Waals surface area contributed by atoms with Crippen LogP contribution in [0.4, 0.5) is 5.82 Å². The van der Waals surface area contributed by atoms with Gasteiger partial charge in [-0.25, -0.2) is 9.89 Å². The van der Waals surface area contributed by atoms with E-state index in [1.165, 1.54) is 6.20 Å². The molecule has 0 fully saturated rings. The van der Waals surface area contributed by atoms with Crippen molar-refractivity contribution < 1.29 is 0 Å². The Hall–Kier alpha value is -1.39. The molecule has 0 bridgehead atoms. The van der Waals surface area contributed by atoms with Gasteiger partial charge < -0.3 is 5.32 Å². The van der Waals surface area contributed by atoms with E-state index in [1.807, 2.05) is 6.92 Å². The minimum atomic E-state index is -0.427. The topological polar surface area (TPSA) is 70.7 Å². The van der Waals surface area contributed by atoms with Crippen molar-refractivity contribution in [2.24, 2.45) is 0 Å². The van der Waals surface area contributed by atoms with E-state index in [0.29, 0.717) is 11.9 Å². The molecular formula is C7H12N4O. The molecule has 0 saturated carbocycles. The summed E-state index contributed by atoms with van der Waals surface area (Å²) < 4.78 is 0. The zero-order valence-electron chi connectivity index (χ0n) is 7.16. The Morgan fingerprint density at radius 1 is 1.75 bits per heavy atom. The number of hydrogen-bond donors (Lipinski definition) is 2. The summed E-state index contributed by atoms with van der Waals surface area (Å²) in [6, 6.07) is 0.307. The molecule has 0 spiro atoms. The van der Waals surface area contributed by atoms with Gasteiger partial charge in [0.1, 0.15) is 0 Å². The zero-order chi connectivity index (χ0) is 8.97. The van der Waals surface area contributed by atoms with Gasteiger partial charge in [0, 0.05) is 6.04 Å². The normalized spacial score (nSPS) is 12.5. The molecule has 2 N–H and O–H groups in total. The molecule has 1 aromatic heterocycles. The van der Waals surface area contributed by atoms with Crippen LogP contribution in [-0.4, -0.2) is 21.2 Å². The Morgan fingerprint density at radius 2 is 2.50 bits per heavy atom. The molecule has 1 heterocycles. The first-order valence-corrected chi connectivity index (χ1v) is 3.90. The van der Waals surface area contributed by atoms with E-state index in [4.69, 9.17) is 0 Å². The third kappa shape index (κ3) is 2.34. The van der Waals surface area contributed by atoms with E-state index in [-0.39, 0.29) is 0 Å². The van der Waals surface area contributed by atoms with E-state index >= 15 is 0 Å². The predicted molar refractivity (Wildman–Crippen MR) is 46.0 cm³/mol. The highest BCUT2D eigenvalue weighted by Crippen LogP contribution is 1.99. The summed E-state index contributed by atoms with van der Waals surface area (Å²) in [6.07, 6.45) is 2.47. The maximum Gasteiger partial charge on any atom is 0.363 e. The molecule has 1 atom stereocenters. The van der Waals surface area contributed by atoms with Crippen molar-refractivity contribution in [2.45, 2.75) is 26.3 Å². The molecular weight excluding hydrogens is 156 g/mol. The summed E-state index contributed by atoms with van der Waals surface area (Å²) in [4.78, 5) is 14.4. The average molecular weight is 168 g/mol. The van der Waals surface area contributed by atoms with Crippen molar-refractivity contribution in [3.63, 3.8) is 0 Å². The fraction of sp³-hybridized carbons (Fsp3) is 0.571. The lowest BCUT2D eigenvalue weighted by atomic mass is 10.3. The second-order valence-corrected chi connectivity index (χ2v) is 2.63. The maximum atomic E-state index is 10.7. The first kappa shape index (κ1) is 8.70. The number of aromatic nitrogens is 3. The van der Waals surface area contributed by atoms with Gasteiger partial charge in [-0.3, -0.25) is 0 Å². The highest BCUT2D eigenvalue weighted by Gasteiger charge is 1.99. The summed E-state index contributed by atoms with van der Waals surface area (Å²) in [7, 11) is 0. The van der Waals surface area contributed by atoms with Gasteiger partial charge in [-0.15, -0.1) is 0 Å². The first-order valence-electron chi connectivity index (χ1n) is 3.90. The molecule has 5 heteroatoms. The van der Waals surface area contributed by atoms with Crippen LogP contribution in [0.25, 0.3) is 0 Å². The molecule has 0 saturated heterocycles. The molecule has 12 heavy (non-hydrogen) atoms. The van der Waals surface area contributed by atoms with Gasteiger partial charge >= 0.3 is 5.69 Å². The van der Waals surface area contributed by atoms with Gasteiger partial charge in [-0.05, 0) is 13.3 Å². The Labute approximate surface area is 70.2 Å². The van der Waals surface area contributed by atoms with Crippen LogP contribution in [0.5, 0.6) is 0 Å². The summed E-state index contributed by atoms with van der Waals surface area (Å²) in [6.45, 7) is 4.07. The molecule has 66 valence electrons. The van der Waals surface area contributed by atoms with Crippen molar-refractivity contribution >= 4 is 5.82 Å². The number of aromatic amines is 1. The molecule has 0 aromatic carbocycles. The maximum absolute atomic E-state index is 10.7. The van der Waals surface area contributed by atoms with Crippen LogP contribution in [0.1, 0.15) is 20.3 Å². The van der Waals surface area contributed by atoms with E-state index in [0.717, 1.165) is 6.42 Å². The van der Waals surface area contributed by atoms with Crippen LogP contribution in [0, 0.1) is 0 Å². The zero-order valence-corrected chi connectivity index (χ0v) is 7.16. The first-order chi connectivity index (χ1) is 5.72. The fourth-order valence-electron chi connectivity index (χ4n) is 0.736. The lowest BCUT2D eigenvalue weighted by Gasteiger charge is -2.09. The average Bonchev–Trinajstić information content (AvgIpc) is 2.04. The van der Waals surface area contributed by atoms with Crippen LogP contribution in [-0.2, 0) is 0 Å². The number of rotatable bonds is 3. The quantitative estimate of drug-likeness (QED) is 0.684. The lowest BCUT2D eigenvalue weighted by Crippen LogP contribution is -2.19. The summed E-state index contributed by atoms with van der Waals surface area (Å²) >= 11 is 0. The molecule has 0 aliphatic carbocycles. The monoisotopic (exact) mass is 168 g/mol. The summed E-state index contributed by atoms with van der Waals surface area (Å²) in [5.74, 6) is 0.521. The van der Waals surface area contributed by atoms with Gasteiger partial charge in [0.25, 0.3) is 0 Å². The Bertz CT molecular complexity index is 295. The van der Waals surface area contributed by atoms with E-state index in [1.54, 1.807) is 0 Å². The third-order valence-electron chi connectivity index (χ3n) is 1.58. The van der Waals surface area contributed by atoms with Crippen molar-refractivity contribution in [1.29, 1.82) is 0 Å². The largest absolute Gasteiger partial charge is 0.366 e. The molecule has 1 aromatic rings. The molecule has 5 nitrogen and oxygen atoms in total. The van der Waals surface area contributed by atoms with Crippen molar-refractivity contribution in [1.82, 2.24) is 15.2 Å². The van der Waals surface area contributed by atoms with Crippen molar-refractivity contribution in [3.8, 4) is 0 Å². The van der Waals surface area contributed by atoms with E-state index in [9.17, 15) is 4.79 Å². The van der Waals surface area contributed by atoms with Crippen LogP contribution in [0.15, 0.2) is 11.0 Å². The predicted octanol–water partition coefficient (Wildman–Crippen LogP) is 0.375. The number of nitrogens with zero attached hydrogens (tertiary/aromatic N) is 2. The van der Waals surface area contributed by atoms with E-state index in [2.05, 4.69) is 27.4 Å². The SMILES string of the molecule is CCC(C)Nc1cn[nH]c(=O)n1. The minimum absolute atomic E-state index is 0.307. The van der Waals surface area contributed by atoms with Gasteiger partial charge in [0.2, 0.25) is 0 Å². The fourth-order valence-corrected chi connectivity index (χ4v) is 0.736. The smallest absolute Gasteiger partial charge is 0.363 e. The summed E-state index contributed by atoms with van der Waals surface area (Å²) in [5, 5.41) is 8.85. The molecule has 1 rings (SSSR count). The number of nitrogens with one attached hydrogen (secondary N) is 2. The molecule has 0 aliphatic rings. The van der Waals surface area contributed by atoms with Gasteiger partial charge in [-0.2, -0.15) is 10.1 Å². The second kappa shape index (κ2) is 3.85. The highest BCUT2D eigenvalue weighted by atomic mass is 16.1. The molecule has 0 radical (unpaired) electrons. The van der Waals surface area contributed by atoms with E-state index < -0.39 is 5.69 Å². The van der Waals surface area contributed by atoms with Crippen molar-refractivity contribution in [2.75, 3.05) is 5.32 Å². The number of H-pyrrole nitrogens is 1. The van der Waals surface area contributed by atoms with Crippen molar-refractivity contribution in [3.05, 3.63) is 16.7 Å². The third-order valence-corrected chi connectivity index (χ3v) is 1.58. The van der Waals surface area contributed by atoms with Gasteiger partial charge in [-0.1, -0.05) is 6.92 Å². The lowest BCUT2D eigenvalue weighted by molar-refractivity contribution is 0.752. The van der Waals surface area contributed by atoms with Gasteiger partial charge in [0.15, 0.2) is 5.82 Å². The second-order valence-electron chi connectivity index (χ2n) is 2.63. The van der Waals surface area contributed by atoms with Crippen LogP contribution in [0.2, 0.25) is 0 Å².